The van der Waals surface area contributed by atoms with E-state index in [-0.39, 0.29) is 30.5 Å². The van der Waals surface area contributed by atoms with Gasteiger partial charge in [0.05, 0.1) is 18.8 Å². The van der Waals surface area contributed by atoms with Crippen molar-refractivity contribution in [2.45, 2.75) is 57.3 Å². The average molecular weight is 416 g/mol. The van der Waals surface area contributed by atoms with E-state index in [0.717, 1.165) is 6.42 Å². The molecule has 0 aliphatic carbocycles. The number of nitrogens with one attached hydrogen (secondary N) is 3. The van der Waals surface area contributed by atoms with Crippen LogP contribution in [0.2, 0.25) is 0 Å². The van der Waals surface area contributed by atoms with Crippen molar-refractivity contribution in [3.63, 3.8) is 0 Å². The second kappa shape index (κ2) is 11.9. The van der Waals surface area contributed by atoms with Crippen LogP contribution in [-0.2, 0) is 9.59 Å². The molecular weight excluding hydrogens is 388 g/mol. The predicted octanol–water partition coefficient (Wildman–Crippen LogP) is -1.46. The fourth-order valence-electron chi connectivity index (χ4n) is 2.24. The van der Waals surface area contributed by atoms with Crippen LogP contribution in [0, 0.1) is 0 Å². The maximum Gasteiger partial charge on any atom is 0.328 e. The van der Waals surface area contributed by atoms with Gasteiger partial charge in [0.25, 0.3) is 0 Å². The third-order valence-corrected chi connectivity index (χ3v) is 3.86. The third-order valence-electron chi connectivity index (χ3n) is 3.86. The molecule has 0 bridgehead atoms. The van der Waals surface area contributed by atoms with E-state index in [0.29, 0.717) is 6.54 Å². The van der Waals surface area contributed by atoms with Gasteiger partial charge in [-0.1, -0.05) is 12.1 Å². The molecule has 1 rings (SSSR count). The summed E-state index contributed by atoms with van der Waals surface area (Å²) in [4.78, 5) is 39.2. The first-order valence-corrected chi connectivity index (χ1v) is 9.14. The van der Waals surface area contributed by atoms with E-state index in [2.05, 4.69) is 26.1 Å². The number of hydrogen-bond donors (Lipinski definition) is 7. The monoisotopic (exact) mass is 416 g/mol. The Bertz CT molecular complexity index is 680. The molecule has 0 aliphatic rings. The van der Waals surface area contributed by atoms with Gasteiger partial charge in [-0.15, -0.1) is 0 Å². The zero-order valence-corrected chi connectivity index (χ0v) is 16.3. The molecule has 13 nitrogen and oxygen atoms in total. The van der Waals surface area contributed by atoms with E-state index in [4.69, 9.17) is 20.5 Å². The second-order valence-corrected chi connectivity index (χ2v) is 6.40. The lowest BCUT2D eigenvalue weighted by Crippen LogP contribution is -2.51. The van der Waals surface area contributed by atoms with Crippen LogP contribution in [0.15, 0.2) is 4.52 Å². The molecule has 0 saturated heterocycles. The van der Waals surface area contributed by atoms with Crippen molar-refractivity contribution >= 4 is 17.9 Å². The van der Waals surface area contributed by atoms with E-state index in [9.17, 15) is 19.5 Å². The van der Waals surface area contributed by atoms with Crippen LogP contribution in [-0.4, -0.2) is 68.7 Å². The van der Waals surface area contributed by atoms with E-state index < -0.39 is 42.8 Å². The molecule has 13 heteroatoms. The summed E-state index contributed by atoms with van der Waals surface area (Å²) in [5, 5.41) is 38.5. The molecule has 164 valence electrons. The minimum Gasteiger partial charge on any atom is -0.480 e. The van der Waals surface area contributed by atoms with Crippen LogP contribution in [0.4, 0.5) is 4.79 Å². The number of amides is 3. The molecule has 0 saturated carbocycles. The molecule has 0 radical (unpaired) electrons. The fraction of sp³-hybridized carbons (Fsp3) is 0.688. The molecule has 1 aromatic heterocycles. The summed E-state index contributed by atoms with van der Waals surface area (Å²) in [6.45, 7) is 3.20. The van der Waals surface area contributed by atoms with Gasteiger partial charge >= 0.3 is 12.0 Å². The van der Waals surface area contributed by atoms with E-state index >= 15 is 0 Å². The van der Waals surface area contributed by atoms with Crippen molar-refractivity contribution in [2.75, 3.05) is 13.2 Å². The van der Waals surface area contributed by atoms with Gasteiger partial charge < -0.3 is 41.5 Å². The third kappa shape index (κ3) is 8.01. The quantitative estimate of drug-likeness (QED) is 0.210. The highest BCUT2D eigenvalue weighted by Crippen LogP contribution is 2.18. The second-order valence-electron chi connectivity index (χ2n) is 6.40. The summed E-state index contributed by atoms with van der Waals surface area (Å²) in [7, 11) is 0. The number of aliphatic hydroxyl groups is 2. The maximum absolute atomic E-state index is 12.2. The fourth-order valence-corrected chi connectivity index (χ4v) is 2.24. The summed E-state index contributed by atoms with van der Waals surface area (Å²) < 4.78 is 5.07. The number of hydrogen-bond acceptors (Lipinski definition) is 9. The zero-order chi connectivity index (χ0) is 22.0. The molecule has 0 aliphatic heterocycles. The Morgan fingerprint density at radius 3 is 2.52 bits per heavy atom. The SMILES string of the molecule is CCCNC(=O)CCC(NC(=O)NC(C(=O)O)C(C)O)c1nc(C(N)CO)no1. The Balaban J connectivity index is 2.89. The first-order chi connectivity index (χ1) is 13.7. The van der Waals surface area contributed by atoms with E-state index in [1.807, 2.05) is 6.92 Å². The molecule has 29 heavy (non-hydrogen) atoms. The molecule has 0 fully saturated rings. The highest BCUT2D eigenvalue weighted by atomic mass is 16.5. The Kier molecular flexibility index (Phi) is 9.99. The smallest absolute Gasteiger partial charge is 0.328 e. The summed E-state index contributed by atoms with van der Waals surface area (Å²) in [5.41, 5.74) is 5.63. The van der Waals surface area contributed by atoms with Gasteiger partial charge in [0.15, 0.2) is 11.9 Å². The zero-order valence-electron chi connectivity index (χ0n) is 16.3. The lowest BCUT2D eigenvalue weighted by molar-refractivity contribution is -0.141. The number of urea groups is 1. The van der Waals surface area contributed by atoms with Gasteiger partial charge in [0, 0.05) is 13.0 Å². The number of aromatic nitrogens is 2. The number of carbonyl (C=O) groups excluding carboxylic acids is 2. The van der Waals surface area contributed by atoms with Crippen molar-refractivity contribution in [1.29, 1.82) is 0 Å². The van der Waals surface area contributed by atoms with Gasteiger partial charge in [-0.2, -0.15) is 4.98 Å². The Morgan fingerprint density at radius 1 is 1.28 bits per heavy atom. The number of nitrogens with zero attached hydrogens (tertiary/aromatic N) is 2. The molecule has 3 amide bonds. The number of rotatable bonds is 12. The van der Waals surface area contributed by atoms with Gasteiger partial charge in [0.1, 0.15) is 6.04 Å². The van der Waals surface area contributed by atoms with Crippen molar-refractivity contribution in [2.24, 2.45) is 5.73 Å². The standard InChI is InChI=1S/C16H28N6O7/c1-3-6-18-11(25)5-4-10(14-21-13(22-29-14)9(17)7-23)19-16(28)20-12(8(2)24)15(26)27/h8-10,12,23-24H,3-7,17H2,1-2H3,(H,18,25)(H,26,27)(H2,19,20,28). The minimum atomic E-state index is -1.54. The lowest BCUT2D eigenvalue weighted by atomic mass is 10.1. The van der Waals surface area contributed by atoms with Crippen molar-refractivity contribution < 1.29 is 34.2 Å². The maximum atomic E-state index is 12.2. The molecule has 0 aromatic carbocycles. The van der Waals surface area contributed by atoms with Crippen molar-refractivity contribution in [3.05, 3.63) is 11.7 Å². The Morgan fingerprint density at radius 2 is 1.97 bits per heavy atom. The average Bonchev–Trinajstić information content (AvgIpc) is 3.16. The van der Waals surface area contributed by atoms with Gasteiger partial charge in [-0.25, -0.2) is 9.59 Å². The molecule has 4 unspecified atom stereocenters. The largest absolute Gasteiger partial charge is 0.480 e. The highest BCUT2D eigenvalue weighted by Gasteiger charge is 2.28. The van der Waals surface area contributed by atoms with Crippen molar-refractivity contribution in [3.8, 4) is 0 Å². The van der Waals surface area contributed by atoms with Gasteiger partial charge in [0.2, 0.25) is 11.8 Å². The van der Waals surface area contributed by atoms with Crippen LogP contribution in [0.25, 0.3) is 0 Å². The van der Waals surface area contributed by atoms with E-state index in [1.54, 1.807) is 0 Å². The van der Waals surface area contributed by atoms with Crippen LogP contribution < -0.4 is 21.7 Å². The van der Waals surface area contributed by atoms with Gasteiger partial charge in [-0.05, 0) is 19.8 Å². The Hall–Kier alpha value is -2.77. The minimum absolute atomic E-state index is 0.0116. The molecule has 1 aromatic rings. The molecule has 0 spiro atoms. The molecule has 8 N–H and O–H groups in total. The number of nitrogens with two attached hydrogens (primary N) is 1. The normalized spacial score (nSPS) is 15.1. The first-order valence-electron chi connectivity index (χ1n) is 9.14. The summed E-state index contributed by atoms with van der Waals surface area (Å²) in [6, 6.07) is -4.27. The number of aliphatic carboxylic acids is 1. The van der Waals surface area contributed by atoms with Crippen LogP contribution in [0.1, 0.15) is 56.9 Å². The summed E-state index contributed by atoms with van der Waals surface area (Å²) >= 11 is 0. The molecule has 4 atom stereocenters. The highest BCUT2D eigenvalue weighted by molar-refractivity contribution is 5.83. The molecule has 1 heterocycles. The van der Waals surface area contributed by atoms with Gasteiger partial charge in [-0.3, -0.25) is 4.79 Å². The first kappa shape index (κ1) is 24.3. The Labute approximate surface area is 167 Å². The predicted molar refractivity (Wildman–Crippen MR) is 98.4 cm³/mol. The number of carboxylic acids is 1. The topological polar surface area (TPSA) is 213 Å². The number of carboxylic acid groups (broad SMARTS) is 1. The molecular formula is C16H28N6O7. The van der Waals surface area contributed by atoms with Crippen LogP contribution >= 0.6 is 0 Å². The van der Waals surface area contributed by atoms with Crippen LogP contribution in [0.5, 0.6) is 0 Å². The summed E-state index contributed by atoms with van der Waals surface area (Å²) in [5.74, 6) is -1.72. The van der Waals surface area contributed by atoms with Crippen LogP contribution in [0.3, 0.4) is 0 Å². The summed E-state index contributed by atoms with van der Waals surface area (Å²) in [6.07, 6.45) is -0.481. The van der Waals surface area contributed by atoms with E-state index in [1.165, 1.54) is 6.92 Å². The number of carbonyl (C=O) groups is 3. The van der Waals surface area contributed by atoms with Crippen molar-refractivity contribution in [1.82, 2.24) is 26.1 Å². The lowest BCUT2D eigenvalue weighted by Gasteiger charge is -2.20. The number of aliphatic hydroxyl groups excluding tert-OH is 2.